The summed E-state index contributed by atoms with van der Waals surface area (Å²) < 4.78 is 12.4. The van der Waals surface area contributed by atoms with E-state index in [1.165, 1.54) is 16.8 Å². The van der Waals surface area contributed by atoms with Crippen LogP contribution in [0.25, 0.3) is 0 Å². The van der Waals surface area contributed by atoms with E-state index in [0.717, 1.165) is 0 Å². The van der Waals surface area contributed by atoms with Gasteiger partial charge in [0.2, 0.25) is 0 Å². The van der Waals surface area contributed by atoms with Crippen LogP contribution in [0, 0.1) is 11.8 Å². The fraction of sp³-hybridized carbons (Fsp3) is 0.250. The molecule has 32 heavy (non-hydrogen) atoms. The number of carbonyl (C=O) groups excluding carboxylic acids is 2. The maximum atomic E-state index is 12.4. The lowest BCUT2D eigenvalue weighted by Gasteiger charge is -2.44. The van der Waals surface area contributed by atoms with E-state index in [2.05, 4.69) is 4.98 Å². The Morgan fingerprint density at radius 3 is 1.97 bits per heavy atom. The molecule has 1 fully saturated rings. The SMILES string of the molecule is O=C(OCC1CC(n2ccc(=O)[nH]c2=O)C1COC(=O)c1ccccc1)c1ccccc1. The highest BCUT2D eigenvalue weighted by molar-refractivity contribution is 5.89. The molecule has 164 valence electrons. The van der Waals surface area contributed by atoms with Crippen LogP contribution in [-0.4, -0.2) is 34.7 Å². The van der Waals surface area contributed by atoms with Gasteiger partial charge < -0.3 is 9.47 Å². The standard InChI is InChI=1S/C24H22N2O6/c27-21-11-12-26(24(30)25-21)20-13-18(14-31-22(28)16-7-3-1-4-8-16)19(20)15-32-23(29)17-9-5-2-6-10-17/h1-12,18-20H,13-15H2,(H,25,27,30). The first-order chi connectivity index (χ1) is 15.5. The van der Waals surface area contributed by atoms with Gasteiger partial charge in [-0.25, -0.2) is 14.4 Å². The van der Waals surface area contributed by atoms with Gasteiger partial charge in [0, 0.05) is 30.1 Å². The number of nitrogens with zero attached hydrogens (tertiary/aromatic N) is 1. The molecule has 0 bridgehead atoms. The fourth-order valence-electron chi connectivity index (χ4n) is 3.89. The van der Waals surface area contributed by atoms with E-state index in [4.69, 9.17) is 9.47 Å². The first-order valence-electron chi connectivity index (χ1n) is 10.3. The van der Waals surface area contributed by atoms with Crippen molar-refractivity contribution < 1.29 is 19.1 Å². The minimum absolute atomic E-state index is 0.0531. The molecule has 0 spiro atoms. The molecular formula is C24H22N2O6. The molecule has 1 aromatic heterocycles. The Kier molecular flexibility index (Phi) is 6.30. The largest absolute Gasteiger partial charge is 0.462 e. The number of aromatic amines is 1. The van der Waals surface area contributed by atoms with E-state index in [-0.39, 0.29) is 31.1 Å². The number of nitrogens with one attached hydrogen (secondary N) is 1. The molecule has 3 aromatic rings. The lowest BCUT2D eigenvalue weighted by atomic mass is 9.69. The number of ether oxygens (including phenoxy) is 2. The second kappa shape index (κ2) is 9.47. The Labute approximate surface area is 183 Å². The molecule has 8 heteroatoms. The van der Waals surface area contributed by atoms with Crippen molar-refractivity contribution in [1.29, 1.82) is 0 Å². The lowest BCUT2D eigenvalue weighted by molar-refractivity contribution is -0.0330. The van der Waals surface area contributed by atoms with Crippen LogP contribution in [0.15, 0.2) is 82.5 Å². The second-order valence-electron chi connectivity index (χ2n) is 7.67. The van der Waals surface area contributed by atoms with Gasteiger partial charge in [0.15, 0.2) is 0 Å². The second-order valence-corrected chi connectivity index (χ2v) is 7.67. The average Bonchev–Trinajstić information content (AvgIpc) is 2.80. The summed E-state index contributed by atoms with van der Waals surface area (Å²) in [6.07, 6.45) is 1.98. The van der Waals surface area contributed by atoms with Gasteiger partial charge in [0.05, 0.1) is 24.3 Å². The van der Waals surface area contributed by atoms with Gasteiger partial charge in [-0.05, 0) is 30.7 Å². The van der Waals surface area contributed by atoms with Crippen molar-refractivity contribution in [3.63, 3.8) is 0 Å². The molecule has 1 saturated carbocycles. The number of esters is 2. The van der Waals surface area contributed by atoms with Gasteiger partial charge in [-0.1, -0.05) is 36.4 Å². The first kappa shape index (κ1) is 21.3. The summed E-state index contributed by atoms with van der Waals surface area (Å²) in [6, 6.07) is 18.3. The first-order valence-corrected chi connectivity index (χ1v) is 10.3. The van der Waals surface area contributed by atoms with E-state index in [0.29, 0.717) is 17.5 Å². The highest BCUT2D eigenvalue weighted by atomic mass is 16.5. The van der Waals surface area contributed by atoms with Crippen LogP contribution in [-0.2, 0) is 9.47 Å². The van der Waals surface area contributed by atoms with Crippen molar-refractivity contribution in [2.45, 2.75) is 12.5 Å². The molecule has 1 N–H and O–H groups in total. The molecule has 3 atom stereocenters. The van der Waals surface area contributed by atoms with Gasteiger partial charge in [-0.15, -0.1) is 0 Å². The summed E-state index contributed by atoms with van der Waals surface area (Å²) in [7, 11) is 0. The third kappa shape index (κ3) is 4.69. The maximum Gasteiger partial charge on any atom is 0.338 e. The number of H-pyrrole nitrogens is 1. The quantitative estimate of drug-likeness (QED) is 0.573. The van der Waals surface area contributed by atoms with Crippen molar-refractivity contribution in [3.8, 4) is 0 Å². The van der Waals surface area contributed by atoms with Gasteiger partial charge >= 0.3 is 17.6 Å². The van der Waals surface area contributed by atoms with Gasteiger partial charge in [-0.3, -0.25) is 14.3 Å². The predicted molar refractivity (Wildman–Crippen MR) is 115 cm³/mol. The van der Waals surface area contributed by atoms with E-state index in [1.807, 2.05) is 6.07 Å². The van der Waals surface area contributed by atoms with Crippen LogP contribution in [0.5, 0.6) is 0 Å². The normalized spacial score (nSPS) is 19.6. The minimum Gasteiger partial charge on any atom is -0.462 e. The maximum absolute atomic E-state index is 12.4. The van der Waals surface area contributed by atoms with Crippen LogP contribution in [0.4, 0.5) is 0 Å². The zero-order valence-electron chi connectivity index (χ0n) is 17.2. The molecule has 0 aliphatic heterocycles. The van der Waals surface area contributed by atoms with Gasteiger partial charge in [0.1, 0.15) is 0 Å². The number of hydrogen-bond acceptors (Lipinski definition) is 6. The molecule has 0 radical (unpaired) electrons. The number of benzene rings is 2. The molecule has 0 amide bonds. The Morgan fingerprint density at radius 2 is 1.41 bits per heavy atom. The highest BCUT2D eigenvalue weighted by Crippen LogP contribution is 2.44. The zero-order chi connectivity index (χ0) is 22.5. The van der Waals surface area contributed by atoms with Crippen LogP contribution in [0.1, 0.15) is 33.2 Å². The monoisotopic (exact) mass is 434 g/mol. The third-order valence-corrected chi connectivity index (χ3v) is 5.71. The number of hydrogen-bond donors (Lipinski definition) is 1. The summed E-state index contributed by atoms with van der Waals surface area (Å²) >= 11 is 0. The molecule has 0 saturated heterocycles. The zero-order valence-corrected chi connectivity index (χ0v) is 17.2. The number of carbonyl (C=O) groups is 2. The molecule has 8 nitrogen and oxygen atoms in total. The van der Waals surface area contributed by atoms with E-state index < -0.39 is 23.2 Å². The van der Waals surface area contributed by atoms with Crippen LogP contribution < -0.4 is 11.2 Å². The van der Waals surface area contributed by atoms with E-state index in [9.17, 15) is 19.2 Å². The molecule has 2 aromatic carbocycles. The third-order valence-electron chi connectivity index (χ3n) is 5.71. The number of rotatable bonds is 7. The van der Waals surface area contributed by atoms with Gasteiger partial charge in [0.25, 0.3) is 5.56 Å². The van der Waals surface area contributed by atoms with Crippen molar-refractivity contribution in [2.24, 2.45) is 11.8 Å². The Balaban J connectivity index is 1.45. The van der Waals surface area contributed by atoms with Crippen LogP contribution >= 0.6 is 0 Å². The van der Waals surface area contributed by atoms with Crippen molar-refractivity contribution in [1.82, 2.24) is 9.55 Å². The Hall–Kier alpha value is -3.94. The van der Waals surface area contributed by atoms with Gasteiger partial charge in [-0.2, -0.15) is 0 Å². The van der Waals surface area contributed by atoms with Crippen LogP contribution in [0.3, 0.4) is 0 Å². The predicted octanol–water partition coefficient (Wildman–Crippen LogP) is 2.43. The molecular weight excluding hydrogens is 412 g/mol. The summed E-state index contributed by atoms with van der Waals surface area (Å²) in [5, 5.41) is 0. The Morgan fingerprint density at radius 1 is 0.844 bits per heavy atom. The average molecular weight is 434 g/mol. The van der Waals surface area contributed by atoms with Crippen molar-refractivity contribution in [3.05, 3.63) is 105 Å². The lowest BCUT2D eigenvalue weighted by Crippen LogP contribution is -2.48. The molecule has 1 aliphatic rings. The molecule has 3 unspecified atom stereocenters. The highest BCUT2D eigenvalue weighted by Gasteiger charge is 2.44. The molecule has 1 heterocycles. The summed E-state index contributed by atoms with van der Waals surface area (Å²) in [6.45, 7) is 0.188. The minimum atomic E-state index is -0.526. The van der Waals surface area contributed by atoms with Crippen molar-refractivity contribution >= 4 is 11.9 Å². The van der Waals surface area contributed by atoms with Crippen LogP contribution in [0.2, 0.25) is 0 Å². The molecule has 1 aliphatic carbocycles. The van der Waals surface area contributed by atoms with E-state index in [1.54, 1.807) is 54.6 Å². The number of aromatic nitrogens is 2. The summed E-state index contributed by atoms with van der Waals surface area (Å²) in [5.41, 5.74) is -0.128. The Bertz CT molecular complexity index is 1200. The summed E-state index contributed by atoms with van der Waals surface area (Å²) in [4.78, 5) is 50.6. The topological polar surface area (TPSA) is 107 Å². The molecule has 4 rings (SSSR count). The van der Waals surface area contributed by atoms with E-state index >= 15 is 0 Å². The fourth-order valence-corrected chi connectivity index (χ4v) is 3.89. The summed E-state index contributed by atoms with van der Waals surface area (Å²) in [5.74, 6) is -1.26. The van der Waals surface area contributed by atoms with Crippen molar-refractivity contribution in [2.75, 3.05) is 13.2 Å². The smallest absolute Gasteiger partial charge is 0.338 e.